The molecule has 1 aliphatic rings. The average Bonchev–Trinajstić information content (AvgIpc) is 3.36. The van der Waals surface area contributed by atoms with E-state index in [1.165, 1.54) is 33.8 Å². The Morgan fingerprint density at radius 1 is 0.943 bits per heavy atom. The first-order valence-corrected chi connectivity index (χ1v) is 12.2. The highest BCUT2D eigenvalue weighted by atomic mass is 32.1. The summed E-state index contributed by atoms with van der Waals surface area (Å²) in [6.45, 7) is 8.72. The summed E-state index contributed by atoms with van der Waals surface area (Å²) in [4.78, 5) is 6.90. The van der Waals surface area contributed by atoms with Crippen molar-refractivity contribution in [2.24, 2.45) is 0 Å². The molecule has 0 saturated carbocycles. The van der Waals surface area contributed by atoms with Crippen LogP contribution in [0.5, 0.6) is 5.75 Å². The zero-order valence-electron chi connectivity index (χ0n) is 20.7. The highest BCUT2D eigenvalue weighted by Gasteiger charge is 2.42. The number of ether oxygens (including phenoxy) is 1. The van der Waals surface area contributed by atoms with Crippen molar-refractivity contribution in [2.75, 3.05) is 12.0 Å². The molecule has 2 aromatic carbocycles. The molecule has 0 radical (unpaired) electrons. The quantitative estimate of drug-likeness (QED) is 0.339. The molecule has 0 aliphatic carbocycles. The molecule has 1 saturated heterocycles. The minimum Gasteiger partial charge on any atom is -0.497 e. The van der Waals surface area contributed by atoms with Crippen molar-refractivity contribution in [1.82, 2.24) is 14.9 Å². The maximum atomic E-state index is 5.91. The van der Waals surface area contributed by atoms with Gasteiger partial charge in [0.15, 0.2) is 5.11 Å². The van der Waals surface area contributed by atoms with Gasteiger partial charge in [-0.3, -0.25) is 4.98 Å². The zero-order chi connectivity index (χ0) is 24.7. The molecule has 1 fully saturated rings. The molecule has 178 valence electrons. The van der Waals surface area contributed by atoms with Gasteiger partial charge in [-0.2, -0.15) is 0 Å². The van der Waals surface area contributed by atoms with Gasteiger partial charge in [-0.05, 0) is 93.0 Å². The fourth-order valence-electron chi connectivity index (χ4n) is 5.14. The van der Waals surface area contributed by atoms with Crippen molar-refractivity contribution in [2.45, 2.75) is 39.8 Å². The molecular formula is C29H30N4OS. The van der Waals surface area contributed by atoms with E-state index in [9.17, 15) is 0 Å². The van der Waals surface area contributed by atoms with E-state index in [1.54, 1.807) is 7.11 Å². The Kier molecular flexibility index (Phi) is 6.07. The van der Waals surface area contributed by atoms with Gasteiger partial charge in [0.05, 0.1) is 24.9 Å². The minimum atomic E-state index is -0.0949. The molecule has 0 bridgehead atoms. The standard InChI is InChI=1S/C29H30N4OS/c1-18-10-8-14-26(20(18)3)32-19(2)16-24(21(32)4)28-27(25-13-6-7-15-30-25)31-29(35)33(28)22-11-9-12-23(17-22)34-5/h6-17,27-28H,1-5H3,(H,31,35)/t27-,28+/m0/s1. The Morgan fingerprint density at radius 2 is 1.74 bits per heavy atom. The third-order valence-corrected chi connectivity index (χ3v) is 7.35. The SMILES string of the molecule is COc1cccc(N2C(=S)N[C@@H](c3ccccn3)[C@H]2c2cc(C)n(-c3cccc(C)c3C)c2C)c1. The number of rotatable bonds is 5. The van der Waals surface area contributed by atoms with Crippen molar-refractivity contribution < 1.29 is 4.74 Å². The number of thiocarbonyl (C=S) groups is 1. The molecule has 5 nitrogen and oxygen atoms in total. The third kappa shape index (κ3) is 3.98. The zero-order valence-corrected chi connectivity index (χ0v) is 21.6. The van der Waals surface area contributed by atoms with Gasteiger partial charge in [-0.1, -0.05) is 24.3 Å². The van der Waals surface area contributed by atoms with Crippen molar-refractivity contribution in [3.63, 3.8) is 0 Å². The number of anilines is 1. The molecule has 4 aromatic rings. The molecule has 0 unspecified atom stereocenters. The van der Waals surface area contributed by atoms with E-state index in [0.29, 0.717) is 5.11 Å². The first kappa shape index (κ1) is 23.1. The lowest BCUT2D eigenvalue weighted by Gasteiger charge is -2.28. The molecule has 5 rings (SSSR count). The number of nitrogens with one attached hydrogen (secondary N) is 1. The van der Waals surface area contributed by atoms with E-state index in [2.05, 4.69) is 78.9 Å². The van der Waals surface area contributed by atoms with Gasteiger partial charge in [0.25, 0.3) is 0 Å². The molecule has 2 aromatic heterocycles. The fraction of sp³-hybridized carbons (Fsp3) is 0.241. The van der Waals surface area contributed by atoms with Gasteiger partial charge in [0.1, 0.15) is 5.75 Å². The van der Waals surface area contributed by atoms with Crippen molar-refractivity contribution in [3.8, 4) is 11.4 Å². The van der Waals surface area contributed by atoms with Crippen LogP contribution in [0.1, 0.15) is 45.9 Å². The van der Waals surface area contributed by atoms with Gasteiger partial charge in [-0.15, -0.1) is 0 Å². The highest BCUT2D eigenvalue weighted by molar-refractivity contribution is 7.80. The lowest BCUT2D eigenvalue weighted by Crippen LogP contribution is -2.29. The summed E-state index contributed by atoms with van der Waals surface area (Å²) in [5, 5.41) is 4.24. The second-order valence-corrected chi connectivity index (χ2v) is 9.47. The first-order chi connectivity index (χ1) is 16.9. The smallest absolute Gasteiger partial charge is 0.174 e. The van der Waals surface area contributed by atoms with Crippen LogP contribution in [-0.2, 0) is 0 Å². The fourth-order valence-corrected chi connectivity index (χ4v) is 5.49. The van der Waals surface area contributed by atoms with E-state index in [1.807, 2.05) is 36.5 Å². The lowest BCUT2D eigenvalue weighted by atomic mass is 9.96. The topological polar surface area (TPSA) is 42.3 Å². The molecule has 35 heavy (non-hydrogen) atoms. The summed E-state index contributed by atoms with van der Waals surface area (Å²) in [6.07, 6.45) is 1.84. The number of hydrogen-bond acceptors (Lipinski definition) is 3. The Hall–Kier alpha value is -3.64. The molecule has 2 atom stereocenters. The third-order valence-electron chi connectivity index (χ3n) is 7.04. The second-order valence-electron chi connectivity index (χ2n) is 9.08. The predicted molar refractivity (Wildman–Crippen MR) is 146 cm³/mol. The summed E-state index contributed by atoms with van der Waals surface area (Å²) in [7, 11) is 1.69. The summed E-state index contributed by atoms with van der Waals surface area (Å²) in [5.74, 6) is 0.797. The Balaban J connectivity index is 1.70. The number of nitrogens with zero attached hydrogens (tertiary/aromatic N) is 3. The van der Waals surface area contributed by atoms with Gasteiger partial charge in [0, 0.05) is 35.0 Å². The maximum Gasteiger partial charge on any atom is 0.174 e. The van der Waals surface area contributed by atoms with Crippen molar-refractivity contribution >= 4 is 23.0 Å². The van der Waals surface area contributed by atoms with Gasteiger partial charge < -0.3 is 19.5 Å². The van der Waals surface area contributed by atoms with Crippen LogP contribution in [0.25, 0.3) is 5.69 Å². The van der Waals surface area contributed by atoms with Crippen LogP contribution in [-0.4, -0.2) is 21.8 Å². The largest absolute Gasteiger partial charge is 0.497 e. The Bertz CT molecular complexity index is 1400. The summed E-state index contributed by atoms with van der Waals surface area (Å²) >= 11 is 5.91. The van der Waals surface area contributed by atoms with E-state index in [4.69, 9.17) is 21.9 Å². The molecule has 0 amide bonds. The van der Waals surface area contributed by atoms with Gasteiger partial charge in [0.2, 0.25) is 0 Å². The summed E-state index contributed by atoms with van der Waals surface area (Å²) in [6, 6.07) is 22.7. The lowest BCUT2D eigenvalue weighted by molar-refractivity contribution is 0.415. The highest BCUT2D eigenvalue weighted by Crippen LogP contribution is 2.44. The van der Waals surface area contributed by atoms with E-state index in [0.717, 1.165) is 17.1 Å². The maximum absolute atomic E-state index is 5.91. The minimum absolute atomic E-state index is 0.0745. The summed E-state index contributed by atoms with van der Waals surface area (Å²) < 4.78 is 7.88. The Morgan fingerprint density at radius 3 is 2.49 bits per heavy atom. The second kappa shape index (κ2) is 9.19. The number of hydrogen-bond donors (Lipinski definition) is 1. The van der Waals surface area contributed by atoms with Crippen LogP contribution in [0, 0.1) is 27.7 Å². The predicted octanol–water partition coefficient (Wildman–Crippen LogP) is 6.29. The molecular weight excluding hydrogens is 452 g/mol. The number of aromatic nitrogens is 2. The van der Waals surface area contributed by atoms with E-state index >= 15 is 0 Å². The van der Waals surface area contributed by atoms with Crippen molar-refractivity contribution in [3.05, 3.63) is 107 Å². The number of methoxy groups -OCH3 is 1. The van der Waals surface area contributed by atoms with Crippen LogP contribution in [0.3, 0.4) is 0 Å². The molecule has 0 spiro atoms. The van der Waals surface area contributed by atoms with Crippen LogP contribution in [0.15, 0.2) is 72.9 Å². The molecule has 3 heterocycles. The molecule has 1 aliphatic heterocycles. The molecule has 1 N–H and O–H groups in total. The van der Waals surface area contributed by atoms with E-state index < -0.39 is 0 Å². The number of aryl methyl sites for hydroxylation is 2. The Labute approximate surface area is 212 Å². The van der Waals surface area contributed by atoms with Crippen LogP contribution in [0.2, 0.25) is 0 Å². The van der Waals surface area contributed by atoms with Gasteiger partial charge in [-0.25, -0.2) is 0 Å². The van der Waals surface area contributed by atoms with Crippen molar-refractivity contribution in [1.29, 1.82) is 0 Å². The summed E-state index contributed by atoms with van der Waals surface area (Å²) in [5.41, 5.74) is 9.33. The van der Waals surface area contributed by atoms with Crippen LogP contribution in [0.4, 0.5) is 5.69 Å². The molecule has 6 heteroatoms. The van der Waals surface area contributed by atoms with Crippen LogP contribution >= 0.6 is 12.2 Å². The normalized spacial score (nSPS) is 17.5. The number of pyridine rings is 1. The van der Waals surface area contributed by atoms with Gasteiger partial charge >= 0.3 is 0 Å². The number of benzene rings is 2. The van der Waals surface area contributed by atoms with E-state index in [-0.39, 0.29) is 12.1 Å². The first-order valence-electron chi connectivity index (χ1n) is 11.8. The van der Waals surface area contributed by atoms with Crippen LogP contribution < -0.4 is 15.0 Å². The average molecular weight is 483 g/mol. The monoisotopic (exact) mass is 482 g/mol.